The van der Waals surface area contributed by atoms with E-state index in [-0.39, 0.29) is 23.0 Å². The van der Waals surface area contributed by atoms with Crippen LogP contribution in [0.15, 0.2) is 118 Å². The normalized spacial score (nSPS) is 14.2. The van der Waals surface area contributed by atoms with Crippen LogP contribution in [0.3, 0.4) is 0 Å². The Hall–Kier alpha value is -5.68. The maximum Gasteiger partial charge on any atom is 0.252 e. The molecule has 0 atom stereocenters. The maximum absolute atomic E-state index is 7.02. The van der Waals surface area contributed by atoms with Crippen molar-refractivity contribution < 1.29 is 8.83 Å². The van der Waals surface area contributed by atoms with Gasteiger partial charge in [-0.3, -0.25) is 0 Å². The quantitative estimate of drug-likeness (QED) is 0.159. The highest BCUT2D eigenvalue weighted by molar-refractivity contribution is 7.00. The average Bonchev–Trinajstić information content (AvgIpc) is 3.81. The summed E-state index contributed by atoms with van der Waals surface area (Å²) in [4.78, 5) is 2.53. The van der Waals surface area contributed by atoms with Crippen LogP contribution in [0.25, 0.3) is 60.6 Å². The van der Waals surface area contributed by atoms with Gasteiger partial charge in [0.15, 0.2) is 11.2 Å². The highest BCUT2D eigenvalue weighted by atomic mass is 16.3. The molecule has 2 aliphatic rings. The highest BCUT2D eigenvalue weighted by Crippen LogP contribution is 2.48. The summed E-state index contributed by atoms with van der Waals surface area (Å²) in [7, 11) is 0. The minimum absolute atomic E-state index is 0.0124. The number of benzene rings is 6. The smallest absolute Gasteiger partial charge is 0.252 e. The van der Waals surface area contributed by atoms with Gasteiger partial charge in [-0.1, -0.05) is 123 Å². The summed E-state index contributed by atoms with van der Waals surface area (Å²) in [6.07, 6.45) is 0. The van der Waals surface area contributed by atoms with Gasteiger partial charge in [0.25, 0.3) is 6.71 Å². The van der Waals surface area contributed by atoms with E-state index < -0.39 is 0 Å². The first-order valence-electron chi connectivity index (χ1n) is 19.7. The van der Waals surface area contributed by atoms with E-state index in [4.69, 9.17) is 8.83 Å². The minimum Gasteiger partial charge on any atom is -0.454 e. The van der Waals surface area contributed by atoms with Crippen LogP contribution in [0.4, 0.5) is 17.1 Å². The second kappa shape index (κ2) is 10.5. The first-order valence-corrected chi connectivity index (χ1v) is 19.7. The molecule has 4 nitrogen and oxygen atoms in total. The van der Waals surface area contributed by atoms with Crippen molar-refractivity contribution in [3.05, 3.63) is 126 Å². The predicted octanol–water partition coefficient (Wildman–Crippen LogP) is 11.9. The Bertz CT molecular complexity index is 3120. The number of hydrogen-bond donors (Lipinski definition) is 0. The van der Waals surface area contributed by atoms with Crippen LogP contribution >= 0.6 is 0 Å². The third-order valence-corrected chi connectivity index (χ3v) is 12.4. The average molecular weight is 717 g/mol. The molecule has 3 aromatic heterocycles. The molecule has 5 heteroatoms. The zero-order valence-corrected chi connectivity index (χ0v) is 33.2. The van der Waals surface area contributed by atoms with Crippen molar-refractivity contribution in [1.82, 2.24) is 4.57 Å². The molecule has 0 unspecified atom stereocenters. The van der Waals surface area contributed by atoms with Gasteiger partial charge in [-0.05, 0) is 97.9 Å². The zero-order valence-electron chi connectivity index (χ0n) is 33.2. The summed E-state index contributed by atoms with van der Waals surface area (Å²) in [6.45, 7) is 20.7. The zero-order chi connectivity index (χ0) is 37.9. The topological polar surface area (TPSA) is 34.5 Å². The van der Waals surface area contributed by atoms with E-state index >= 15 is 0 Å². The molecule has 0 amide bonds. The lowest BCUT2D eigenvalue weighted by molar-refractivity contribution is 0.587. The van der Waals surface area contributed by atoms with Gasteiger partial charge in [0.05, 0.1) is 11.2 Å². The van der Waals surface area contributed by atoms with Gasteiger partial charge < -0.3 is 18.3 Å². The van der Waals surface area contributed by atoms with Crippen LogP contribution < -0.4 is 21.3 Å². The SMILES string of the molecule is CC(C)(C)c1ccc2c(c1)N(c1cccc3c1oc1cc(C(C)(C)C)ccc13)c1cc(C(C)(C)C)cc3c1B2c1cccc2c4oc5ccccc5c4n-3c12. The van der Waals surface area contributed by atoms with Crippen LogP contribution in [0.1, 0.15) is 79.0 Å². The van der Waals surface area contributed by atoms with E-state index in [1.165, 1.54) is 55.7 Å². The molecule has 0 spiro atoms. The lowest BCUT2D eigenvalue weighted by atomic mass is 9.33. The largest absolute Gasteiger partial charge is 0.454 e. The van der Waals surface area contributed by atoms with Crippen LogP contribution in [0, 0.1) is 0 Å². The van der Waals surface area contributed by atoms with E-state index in [9.17, 15) is 0 Å². The van der Waals surface area contributed by atoms with E-state index in [2.05, 4.69) is 181 Å². The van der Waals surface area contributed by atoms with Crippen LogP contribution in [0.5, 0.6) is 0 Å². The molecule has 0 saturated heterocycles. The Kier molecular flexibility index (Phi) is 6.27. The molecule has 9 aromatic rings. The lowest BCUT2D eigenvalue weighted by Crippen LogP contribution is -2.60. The monoisotopic (exact) mass is 716 g/mol. The number of furan rings is 2. The summed E-state index contributed by atoms with van der Waals surface area (Å²) in [5.41, 5.74) is 18.4. The predicted molar refractivity (Wildman–Crippen MR) is 233 cm³/mol. The summed E-state index contributed by atoms with van der Waals surface area (Å²) < 4.78 is 16.3. The molecule has 2 aliphatic heterocycles. The summed E-state index contributed by atoms with van der Waals surface area (Å²) in [5, 5.41) is 4.58. The molecular formula is C50H45BN2O2. The maximum atomic E-state index is 7.02. The van der Waals surface area contributed by atoms with E-state index in [1.807, 2.05) is 0 Å². The molecule has 0 radical (unpaired) electrons. The summed E-state index contributed by atoms with van der Waals surface area (Å²) in [6, 6.07) is 40.9. The number of rotatable bonds is 1. The number of aromatic nitrogens is 1. The second-order valence-electron chi connectivity index (χ2n) is 19.0. The third-order valence-electron chi connectivity index (χ3n) is 12.4. The van der Waals surface area contributed by atoms with Gasteiger partial charge in [0.1, 0.15) is 16.7 Å². The minimum atomic E-state index is -0.115. The van der Waals surface area contributed by atoms with Crippen LogP contribution in [0.2, 0.25) is 0 Å². The van der Waals surface area contributed by atoms with Crippen molar-refractivity contribution in [3.8, 4) is 5.69 Å². The van der Waals surface area contributed by atoms with Crippen molar-refractivity contribution in [2.45, 2.75) is 78.6 Å². The molecule has 11 rings (SSSR count). The first-order chi connectivity index (χ1) is 26.2. The lowest BCUT2D eigenvalue weighted by Gasteiger charge is -2.42. The van der Waals surface area contributed by atoms with E-state index in [0.717, 1.165) is 55.1 Å². The van der Waals surface area contributed by atoms with Crippen molar-refractivity contribution >= 4 is 95.1 Å². The van der Waals surface area contributed by atoms with Crippen molar-refractivity contribution in [1.29, 1.82) is 0 Å². The highest BCUT2D eigenvalue weighted by Gasteiger charge is 2.44. The third kappa shape index (κ3) is 4.41. The fourth-order valence-electron chi connectivity index (χ4n) is 9.48. The number of nitrogens with zero attached hydrogens (tertiary/aromatic N) is 2. The Morgan fingerprint density at radius 2 is 1.07 bits per heavy atom. The van der Waals surface area contributed by atoms with Crippen LogP contribution in [-0.4, -0.2) is 11.3 Å². The Morgan fingerprint density at radius 3 is 1.85 bits per heavy atom. The van der Waals surface area contributed by atoms with Gasteiger partial charge in [-0.15, -0.1) is 0 Å². The number of para-hydroxylation sites is 3. The molecule has 0 N–H and O–H groups in total. The molecule has 5 heterocycles. The van der Waals surface area contributed by atoms with Gasteiger partial charge >= 0.3 is 0 Å². The molecule has 6 aromatic carbocycles. The van der Waals surface area contributed by atoms with Crippen molar-refractivity contribution in [2.75, 3.05) is 4.90 Å². The molecule has 270 valence electrons. The molecule has 0 saturated carbocycles. The summed E-state index contributed by atoms with van der Waals surface area (Å²) in [5.74, 6) is 0. The number of anilines is 3. The molecule has 0 aliphatic carbocycles. The molecule has 55 heavy (non-hydrogen) atoms. The van der Waals surface area contributed by atoms with Crippen molar-refractivity contribution in [2.24, 2.45) is 0 Å². The van der Waals surface area contributed by atoms with Crippen molar-refractivity contribution in [3.63, 3.8) is 0 Å². The molecule has 0 fully saturated rings. The number of hydrogen-bond acceptors (Lipinski definition) is 3. The fourth-order valence-corrected chi connectivity index (χ4v) is 9.48. The second-order valence-corrected chi connectivity index (χ2v) is 19.0. The van der Waals surface area contributed by atoms with Gasteiger partial charge in [-0.2, -0.15) is 0 Å². The van der Waals surface area contributed by atoms with E-state index in [0.29, 0.717) is 0 Å². The number of fused-ring (bicyclic) bond motifs is 12. The fraction of sp³-hybridized carbons (Fsp3) is 0.240. The van der Waals surface area contributed by atoms with Gasteiger partial charge in [0.2, 0.25) is 0 Å². The molecular weight excluding hydrogens is 671 g/mol. The Labute approximate surface area is 322 Å². The van der Waals surface area contributed by atoms with Gasteiger partial charge in [-0.25, -0.2) is 0 Å². The Balaban J connectivity index is 1.31. The Morgan fingerprint density at radius 1 is 0.436 bits per heavy atom. The standard InChI is InChI=1S/C50H45BN2O2/c1-48(2,3)28-21-23-35-38(24-28)52(37-18-13-15-32-31-22-20-29(49(4,5)6)27-42(31)55-46(32)37)39-25-30(50(7,8)9)26-40-43(39)51(35)36-17-12-16-34-44(36)53(40)45-33-14-10-11-19-41(33)54-47(34)45/h10-27H,1-9H3. The van der Waals surface area contributed by atoms with E-state index in [1.54, 1.807) is 0 Å². The molecule has 0 bridgehead atoms. The summed E-state index contributed by atoms with van der Waals surface area (Å²) >= 11 is 0. The first kappa shape index (κ1) is 32.7. The van der Waals surface area contributed by atoms with Gasteiger partial charge in [0, 0.05) is 38.6 Å². The van der Waals surface area contributed by atoms with Crippen LogP contribution in [-0.2, 0) is 16.2 Å².